The molecule has 1 amide bonds. The number of hydrogen-bond acceptors (Lipinski definition) is 5. The minimum atomic E-state index is -0.343. The molecule has 0 atom stereocenters. The number of para-hydroxylation sites is 1. The Morgan fingerprint density at radius 2 is 1.58 bits per heavy atom. The van der Waals surface area contributed by atoms with Crippen LogP contribution in [-0.2, 0) is 0 Å². The SMILES string of the molecule is CC(=O)c1ccc(NC(=O)c2cnc(Nc3ccccc3Cl)nc2)cc1. The third-order valence-corrected chi connectivity index (χ3v) is 3.91. The van der Waals surface area contributed by atoms with Crippen LogP contribution in [0.3, 0.4) is 0 Å². The Bertz CT molecular complexity index is 941. The zero-order valence-electron chi connectivity index (χ0n) is 13.9. The lowest BCUT2D eigenvalue weighted by Gasteiger charge is -2.08. The highest BCUT2D eigenvalue weighted by molar-refractivity contribution is 6.33. The summed E-state index contributed by atoms with van der Waals surface area (Å²) in [6.45, 7) is 1.49. The van der Waals surface area contributed by atoms with Gasteiger partial charge in [-0.2, -0.15) is 0 Å². The molecule has 0 aliphatic carbocycles. The van der Waals surface area contributed by atoms with E-state index in [0.717, 1.165) is 0 Å². The topological polar surface area (TPSA) is 84.0 Å². The number of benzene rings is 2. The molecule has 0 fully saturated rings. The number of Topliss-reactive ketones (excluding diaryl/α,β-unsaturated/α-hetero) is 1. The average molecular weight is 367 g/mol. The van der Waals surface area contributed by atoms with Crippen molar-refractivity contribution in [3.05, 3.63) is 77.1 Å². The molecule has 130 valence electrons. The van der Waals surface area contributed by atoms with E-state index < -0.39 is 0 Å². The first-order valence-corrected chi connectivity index (χ1v) is 8.16. The summed E-state index contributed by atoms with van der Waals surface area (Å²) >= 11 is 6.07. The molecule has 1 heterocycles. The van der Waals surface area contributed by atoms with E-state index in [1.54, 1.807) is 36.4 Å². The van der Waals surface area contributed by atoms with Gasteiger partial charge in [0.05, 0.1) is 16.3 Å². The Kier molecular flexibility index (Phi) is 5.24. The number of nitrogens with one attached hydrogen (secondary N) is 2. The highest BCUT2D eigenvalue weighted by Gasteiger charge is 2.09. The minimum Gasteiger partial charge on any atom is -0.323 e. The van der Waals surface area contributed by atoms with Crippen molar-refractivity contribution in [2.45, 2.75) is 6.92 Å². The van der Waals surface area contributed by atoms with Crippen molar-refractivity contribution >= 4 is 40.6 Å². The van der Waals surface area contributed by atoms with E-state index in [1.165, 1.54) is 19.3 Å². The fourth-order valence-corrected chi connectivity index (χ4v) is 2.37. The molecule has 0 bridgehead atoms. The molecule has 3 rings (SSSR count). The monoisotopic (exact) mass is 366 g/mol. The largest absolute Gasteiger partial charge is 0.323 e. The Labute approximate surface area is 155 Å². The molecule has 2 aromatic carbocycles. The van der Waals surface area contributed by atoms with Gasteiger partial charge in [0.15, 0.2) is 5.78 Å². The molecule has 0 aliphatic heterocycles. The van der Waals surface area contributed by atoms with Crippen molar-refractivity contribution < 1.29 is 9.59 Å². The lowest BCUT2D eigenvalue weighted by Crippen LogP contribution is -2.13. The van der Waals surface area contributed by atoms with Crippen molar-refractivity contribution in [2.24, 2.45) is 0 Å². The van der Waals surface area contributed by atoms with Crippen molar-refractivity contribution in [1.82, 2.24) is 9.97 Å². The van der Waals surface area contributed by atoms with Crippen LogP contribution in [0.1, 0.15) is 27.6 Å². The number of halogens is 1. The van der Waals surface area contributed by atoms with E-state index in [2.05, 4.69) is 20.6 Å². The Morgan fingerprint density at radius 1 is 0.923 bits per heavy atom. The Morgan fingerprint density at radius 3 is 2.19 bits per heavy atom. The van der Waals surface area contributed by atoms with E-state index >= 15 is 0 Å². The van der Waals surface area contributed by atoms with Gasteiger partial charge in [-0.25, -0.2) is 9.97 Å². The van der Waals surface area contributed by atoms with E-state index in [1.807, 2.05) is 12.1 Å². The number of nitrogens with zero attached hydrogens (tertiary/aromatic N) is 2. The maximum atomic E-state index is 12.3. The van der Waals surface area contributed by atoms with Crippen LogP contribution in [0.5, 0.6) is 0 Å². The summed E-state index contributed by atoms with van der Waals surface area (Å²) in [5, 5.41) is 6.27. The summed E-state index contributed by atoms with van der Waals surface area (Å²) in [5.74, 6) is -0.0387. The van der Waals surface area contributed by atoms with Gasteiger partial charge in [0.25, 0.3) is 5.91 Å². The molecular weight excluding hydrogens is 352 g/mol. The summed E-state index contributed by atoms with van der Waals surface area (Å²) < 4.78 is 0. The molecule has 26 heavy (non-hydrogen) atoms. The Hall–Kier alpha value is -3.25. The first-order valence-electron chi connectivity index (χ1n) is 7.79. The smallest absolute Gasteiger partial charge is 0.258 e. The van der Waals surface area contributed by atoms with Gasteiger partial charge in [-0.15, -0.1) is 0 Å². The summed E-state index contributed by atoms with van der Waals surface area (Å²) in [6, 6.07) is 13.9. The van der Waals surface area contributed by atoms with Gasteiger partial charge in [-0.1, -0.05) is 23.7 Å². The number of aromatic nitrogens is 2. The lowest BCUT2D eigenvalue weighted by molar-refractivity contribution is 0.101. The second kappa shape index (κ2) is 7.76. The van der Waals surface area contributed by atoms with Gasteiger partial charge in [-0.05, 0) is 43.3 Å². The molecule has 0 saturated heterocycles. The highest BCUT2D eigenvalue weighted by atomic mass is 35.5. The maximum absolute atomic E-state index is 12.3. The number of amides is 1. The van der Waals surface area contributed by atoms with E-state index in [9.17, 15) is 9.59 Å². The number of carbonyl (C=O) groups excluding carboxylic acids is 2. The van der Waals surface area contributed by atoms with Crippen LogP contribution >= 0.6 is 11.6 Å². The van der Waals surface area contributed by atoms with Gasteiger partial charge >= 0.3 is 0 Å². The van der Waals surface area contributed by atoms with Gasteiger partial charge in [0.1, 0.15) is 0 Å². The van der Waals surface area contributed by atoms with Crippen molar-refractivity contribution in [3.8, 4) is 0 Å². The molecule has 7 heteroatoms. The minimum absolute atomic E-state index is 0.0297. The van der Waals surface area contributed by atoms with E-state index in [4.69, 9.17) is 11.6 Å². The number of rotatable bonds is 5. The van der Waals surface area contributed by atoms with Gasteiger partial charge in [0.2, 0.25) is 5.95 Å². The molecule has 0 spiro atoms. The van der Waals surface area contributed by atoms with Gasteiger partial charge < -0.3 is 10.6 Å². The van der Waals surface area contributed by atoms with Crippen LogP contribution in [0.15, 0.2) is 60.9 Å². The predicted molar refractivity (Wildman–Crippen MR) is 101 cm³/mol. The summed E-state index contributed by atoms with van der Waals surface area (Å²) in [4.78, 5) is 31.8. The predicted octanol–water partition coefficient (Wildman–Crippen LogP) is 4.33. The Balaban J connectivity index is 1.67. The van der Waals surface area contributed by atoms with Gasteiger partial charge in [-0.3, -0.25) is 9.59 Å². The van der Waals surface area contributed by atoms with Crippen molar-refractivity contribution in [1.29, 1.82) is 0 Å². The van der Waals surface area contributed by atoms with E-state index in [0.29, 0.717) is 33.5 Å². The lowest BCUT2D eigenvalue weighted by atomic mass is 10.1. The fraction of sp³-hybridized carbons (Fsp3) is 0.0526. The molecule has 0 saturated carbocycles. The highest BCUT2D eigenvalue weighted by Crippen LogP contribution is 2.23. The third-order valence-electron chi connectivity index (χ3n) is 3.58. The fourth-order valence-electron chi connectivity index (χ4n) is 2.18. The van der Waals surface area contributed by atoms with Crippen LogP contribution in [0.25, 0.3) is 0 Å². The average Bonchev–Trinajstić information content (AvgIpc) is 2.64. The van der Waals surface area contributed by atoms with Crippen LogP contribution in [0, 0.1) is 0 Å². The molecular formula is C19H15ClN4O2. The molecule has 3 aromatic rings. The van der Waals surface area contributed by atoms with E-state index in [-0.39, 0.29) is 11.7 Å². The molecule has 6 nitrogen and oxygen atoms in total. The molecule has 0 unspecified atom stereocenters. The van der Waals surface area contributed by atoms with Crippen LogP contribution in [0.4, 0.5) is 17.3 Å². The maximum Gasteiger partial charge on any atom is 0.258 e. The molecule has 0 radical (unpaired) electrons. The molecule has 2 N–H and O–H groups in total. The van der Waals surface area contributed by atoms with Crippen molar-refractivity contribution in [3.63, 3.8) is 0 Å². The number of hydrogen-bond donors (Lipinski definition) is 2. The number of anilines is 3. The molecule has 1 aromatic heterocycles. The van der Waals surface area contributed by atoms with Crippen LogP contribution < -0.4 is 10.6 Å². The molecule has 0 aliphatic rings. The quantitative estimate of drug-likeness (QED) is 0.656. The number of ketones is 1. The standard InChI is InChI=1S/C19H15ClN4O2/c1-12(25)13-6-8-15(9-7-13)23-18(26)14-10-21-19(22-11-14)24-17-5-3-2-4-16(17)20/h2-11H,1H3,(H,23,26)(H,21,22,24). The normalized spacial score (nSPS) is 10.2. The van der Waals surface area contributed by atoms with Crippen LogP contribution in [-0.4, -0.2) is 21.7 Å². The zero-order valence-corrected chi connectivity index (χ0v) is 14.6. The van der Waals surface area contributed by atoms with Crippen molar-refractivity contribution in [2.75, 3.05) is 10.6 Å². The number of carbonyl (C=O) groups is 2. The zero-order chi connectivity index (χ0) is 18.5. The second-order valence-corrected chi connectivity index (χ2v) is 5.90. The third kappa shape index (κ3) is 4.23. The summed E-state index contributed by atoms with van der Waals surface area (Å²) in [5.41, 5.74) is 2.15. The first-order chi connectivity index (χ1) is 12.5. The van der Waals surface area contributed by atoms with Crippen LogP contribution in [0.2, 0.25) is 5.02 Å². The summed E-state index contributed by atoms with van der Waals surface area (Å²) in [7, 11) is 0. The van der Waals surface area contributed by atoms with Gasteiger partial charge in [0, 0.05) is 23.6 Å². The summed E-state index contributed by atoms with van der Waals surface area (Å²) in [6.07, 6.45) is 2.84. The first kappa shape index (κ1) is 17.6. The second-order valence-electron chi connectivity index (χ2n) is 5.49.